The maximum atomic E-state index is 11.2. The summed E-state index contributed by atoms with van der Waals surface area (Å²) >= 11 is 0. The van der Waals surface area contributed by atoms with Crippen molar-refractivity contribution in [1.29, 1.82) is 0 Å². The molecule has 140 valence electrons. The molecule has 3 rings (SSSR count). The zero-order valence-electron chi connectivity index (χ0n) is 15.0. The number of nitrogens with zero attached hydrogens (tertiary/aromatic N) is 1. The van der Waals surface area contributed by atoms with Gasteiger partial charge >= 0.3 is 0 Å². The number of nitrogens with one attached hydrogen (secondary N) is 1. The zero-order chi connectivity index (χ0) is 19.3. The highest BCUT2D eigenvalue weighted by Gasteiger charge is 2.04. The van der Waals surface area contributed by atoms with E-state index in [4.69, 9.17) is 9.47 Å². The Hall–Kier alpha value is -3.06. The van der Waals surface area contributed by atoms with Crippen LogP contribution in [0.4, 0.5) is 5.69 Å². The highest BCUT2D eigenvalue weighted by atomic mass is 32.2. The summed E-state index contributed by atoms with van der Waals surface area (Å²) in [5.74, 6) is 1.81. The summed E-state index contributed by atoms with van der Waals surface area (Å²) in [5.41, 5.74) is 2.59. The van der Waals surface area contributed by atoms with Gasteiger partial charge < -0.3 is 9.47 Å². The molecule has 1 aromatic heterocycles. The van der Waals surface area contributed by atoms with Crippen molar-refractivity contribution in [1.82, 2.24) is 4.98 Å². The number of hydrogen-bond donors (Lipinski definition) is 1. The lowest BCUT2D eigenvalue weighted by atomic mass is 10.2. The molecule has 0 aliphatic heterocycles. The van der Waals surface area contributed by atoms with E-state index in [1.807, 2.05) is 37.3 Å². The fourth-order valence-electron chi connectivity index (χ4n) is 2.28. The van der Waals surface area contributed by atoms with Gasteiger partial charge in [-0.1, -0.05) is 17.7 Å². The Morgan fingerprint density at radius 2 is 1.59 bits per heavy atom. The van der Waals surface area contributed by atoms with Gasteiger partial charge in [-0.05, 0) is 49.4 Å². The number of ether oxygens (including phenoxy) is 2. The van der Waals surface area contributed by atoms with Crippen LogP contribution in [0.25, 0.3) is 0 Å². The quantitative estimate of drug-likeness (QED) is 0.663. The van der Waals surface area contributed by atoms with Crippen LogP contribution in [-0.2, 0) is 16.6 Å². The van der Waals surface area contributed by atoms with Crippen molar-refractivity contribution in [2.45, 2.75) is 13.5 Å². The minimum absolute atomic E-state index is 0.419. The average Bonchev–Trinajstić information content (AvgIpc) is 2.63. The second kappa shape index (κ2) is 8.09. The highest BCUT2D eigenvalue weighted by Crippen LogP contribution is 2.22. The lowest BCUT2D eigenvalue weighted by molar-refractivity contribution is 0.305. The van der Waals surface area contributed by atoms with Crippen LogP contribution in [0.5, 0.6) is 17.4 Å². The Kier molecular flexibility index (Phi) is 5.61. The minimum atomic E-state index is -3.30. The van der Waals surface area contributed by atoms with E-state index in [1.165, 1.54) is 5.56 Å². The van der Waals surface area contributed by atoms with Crippen LogP contribution in [-0.4, -0.2) is 19.7 Å². The molecule has 3 aromatic rings. The molecule has 0 aliphatic carbocycles. The van der Waals surface area contributed by atoms with Crippen LogP contribution in [0.15, 0.2) is 66.9 Å². The van der Waals surface area contributed by atoms with E-state index in [0.717, 1.165) is 17.6 Å². The van der Waals surface area contributed by atoms with Crippen LogP contribution in [0.3, 0.4) is 0 Å². The number of aromatic nitrogens is 1. The summed E-state index contributed by atoms with van der Waals surface area (Å²) in [6.07, 6.45) is 2.80. The molecule has 0 atom stereocenters. The molecular formula is C20H20N2O4S. The number of sulfonamides is 1. The van der Waals surface area contributed by atoms with Crippen molar-refractivity contribution in [2.75, 3.05) is 11.0 Å². The maximum absolute atomic E-state index is 11.2. The minimum Gasteiger partial charge on any atom is -0.489 e. The lowest BCUT2D eigenvalue weighted by Gasteiger charge is -2.09. The normalized spacial score (nSPS) is 11.0. The van der Waals surface area contributed by atoms with Gasteiger partial charge in [0.2, 0.25) is 15.9 Å². The number of rotatable bonds is 7. The molecule has 0 saturated heterocycles. The topological polar surface area (TPSA) is 77.5 Å². The molecule has 0 spiro atoms. The summed E-state index contributed by atoms with van der Waals surface area (Å²) in [6, 6.07) is 18.1. The van der Waals surface area contributed by atoms with Gasteiger partial charge in [0.15, 0.2) is 0 Å². The van der Waals surface area contributed by atoms with E-state index in [-0.39, 0.29) is 0 Å². The predicted octanol–water partition coefficient (Wildman–Crippen LogP) is 4.13. The molecule has 0 unspecified atom stereocenters. The molecule has 1 heterocycles. The summed E-state index contributed by atoms with van der Waals surface area (Å²) in [4.78, 5) is 4.27. The van der Waals surface area contributed by atoms with E-state index in [9.17, 15) is 8.42 Å². The van der Waals surface area contributed by atoms with E-state index >= 15 is 0 Å². The van der Waals surface area contributed by atoms with Crippen molar-refractivity contribution >= 4 is 15.7 Å². The highest BCUT2D eigenvalue weighted by molar-refractivity contribution is 7.92. The van der Waals surface area contributed by atoms with Crippen molar-refractivity contribution in [3.8, 4) is 17.4 Å². The number of aryl methyl sites for hydroxylation is 1. The molecule has 0 amide bonds. The van der Waals surface area contributed by atoms with E-state index < -0.39 is 10.0 Å². The Morgan fingerprint density at radius 1 is 0.926 bits per heavy atom. The zero-order valence-corrected chi connectivity index (χ0v) is 15.9. The van der Waals surface area contributed by atoms with Gasteiger partial charge in [0, 0.05) is 23.5 Å². The molecule has 6 nitrogen and oxygen atoms in total. The monoisotopic (exact) mass is 384 g/mol. The molecule has 1 N–H and O–H groups in total. The standard InChI is InChI=1S/C20H20N2O4S/c1-15-3-8-18(9-4-15)25-14-16-5-12-20(21-13-16)26-19-10-6-17(7-11-19)22-27(2,23)24/h3-13,22H,14H2,1-2H3. The molecule has 27 heavy (non-hydrogen) atoms. The molecule has 0 fully saturated rings. The molecule has 2 aromatic carbocycles. The Morgan fingerprint density at radius 3 is 2.19 bits per heavy atom. The van der Waals surface area contributed by atoms with Gasteiger partial charge in [-0.25, -0.2) is 13.4 Å². The number of benzene rings is 2. The first-order valence-electron chi connectivity index (χ1n) is 8.27. The molecule has 0 radical (unpaired) electrons. The summed E-state index contributed by atoms with van der Waals surface area (Å²) in [7, 11) is -3.30. The van der Waals surface area contributed by atoms with Crippen LogP contribution < -0.4 is 14.2 Å². The van der Waals surface area contributed by atoms with Crippen LogP contribution in [0.2, 0.25) is 0 Å². The number of anilines is 1. The summed E-state index contributed by atoms with van der Waals surface area (Å²) < 4.78 is 36.2. The van der Waals surface area contributed by atoms with E-state index in [1.54, 1.807) is 36.5 Å². The van der Waals surface area contributed by atoms with Gasteiger partial charge in [-0.15, -0.1) is 0 Å². The van der Waals surface area contributed by atoms with Crippen molar-refractivity contribution in [3.05, 3.63) is 78.0 Å². The van der Waals surface area contributed by atoms with Crippen molar-refractivity contribution in [2.24, 2.45) is 0 Å². The Bertz CT molecular complexity index is 984. The fourth-order valence-corrected chi connectivity index (χ4v) is 2.85. The fraction of sp³-hybridized carbons (Fsp3) is 0.150. The van der Waals surface area contributed by atoms with Gasteiger partial charge in [0.05, 0.1) is 6.26 Å². The van der Waals surface area contributed by atoms with E-state index in [2.05, 4.69) is 9.71 Å². The largest absolute Gasteiger partial charge is 0.489 e. The average molecular weight is 384 g/mol. The predicted molar refractivity (Wildman–Crippen MR) is 105 cm³/mol. The lowest BCUT2D eigenvalue weighted by Crippen LogP contribution is -2.09. The third-order valence-corrected chi connectivity index (χ3v) is 4.21. The van der Waals surface area contributed by atoms with Crippen LogP contribution >= 0.6 is 0 Å². The molecule has 0 saturated carbocycles. The Labute approximate surface area is 158 Å². The van der Waals surface area contributed by atoms with Crippen molar-refractivity contribution in [3.63, 3.8) is 0 Å². The third-order valence-electron chi connectivity index (χ3n) is 3.60. The smallest absolute Gasteiger partial charge is 0.229 e. The van der Waals surface area contributed by atoms with Gasteiger partial charge in [0.1, 0.15) is 18.1 Å². The second-order valence-corrected chi connectivity index (χ2v) is 7.86. The molecule has 0 aliphatic rings. The molecule has 7 heteroatoms. The Balaban J connectivity index is 1.56. The van der Waals surface area contributed by atoms with Crippen molar-refractivity contribution < 1.29 is 17.9 Å². The summed E-state index contributed by atoms with van der Waals surface area (Å²) in [5, 5.41) is 0. The maximum Gasteiger partial charge on any atom is 0.229 e. The van der Waals surface area contributed by atoms with Crippen LogP contribution in [0, 0.1) is 6.92 Å². The SMILES string of the molecule is Cc1ccc(OCc2ccc(Oc3ccc(NS(C)(=O)=O)cc3)nc2)cc1. The van der Waals surface area contributed by atoms with Crippen LogP contribution in [0.1, 0.15) is 11.1 Å². The number of pyridine rings is 1. The van der Waals surface area contributed by atoms with E-state index in [0.29, 0.717) is 23.9 Å². The second-order valence-electron chi connectivity index (χ2n) is 6.11. The van der Waals surface area contributed by atoms with Gasteiger partial charge in [0.25, 0.3) is 0 Å². The summed E-state index contributed by atoms with van der Waals surface area (Å²) in [6.45, 7) is 2.45. The van der Waals surface area contributed by atoms with Gasteiger partial charge in [-0.3, -0.25) is 4.72 Å². The first-order valence-corrected chi connectivity index (χ1v) is 10.2. The first kappa shape index (κ1) is 18.7. The number of hydrogen-bond acceptors (Lipinski definition) is 5. The first-order chi connectivity index (χ1) is 12.9. The molecule has 0 bridgehead atoms. The van der Waals surface area contributed by atoms with Gasteiger partial charge in [-0.2, -0.15) is 0 Å². The molecular weight excluding hydrogens is 364 g/mol. The third kappa shape index (κ3) is 6.00.